The zero-order chi connectivity index (χ0) is 20.4. The Labute approximate surface area is 172 Å². The second-order valence-electron chi connectivity index (χ2n) is 6.72. The fourth-order valence-electron chi connectivity index (χ4n) is 3.25. The topological polar surface area (TPSA) is 59.5 Å². The van der Waals surface area contributed by atoms with Gasteiger partial charge in [-0.25, -0.2) is 14.4 Å². The summed E-state index contributed by atoms with van der Waals surface area (Å²) in [5.74, 6) is 1.08. The van der Waals surface area contributed by atoms with E-state index in [1.807, 2.05) is 12.1 Å². The van der Waals surface area contributed by atoms with Gasteiger partial charge >= 0.3 is 0 Å². The molecule has 2 aromatic carbocycles. The third-order valence-corrected chi connectivity index (χ3v) is 5.02. The number of benzene rings is 2. The Morgan fingerprint density at radius 3 is 2.90 bits per heavy atom. The fraction of sp³-hybridized carbons (Fsp3) is 0.238. The second kappa shape index (κ2) is 8.23. The van der Waals surface area contributed by atoms with E-state index in [1.165, 1.54) is 12.4 Å². The first kappa shape index (κ1) is 19.4. The SMILES string of the molecule is C=CCN1CC(Oc2cc3c(Nc4cccc(Cl)c4F)ncnc3cc2OC)C1. The number of fused-ring (bicyclic) bond motifs is 1. The highest BCUT2D eigenvalue weighted by Gasteiger charge is 2.28. The van der Waals surface area contributed by atoms with Crippen LogP contribution in [0.3, 0.4) is 0 Å². The molecule has 0 saturated carbocycles. The number of halogens is 2. The van der Waals surface area contributed by atoms with Gasteiger partial charge in [-0.1, -0.05) is 23.7 Å². The van der Waals surface area contributed by atoms with Gasteiger partial charge in [0, 0.05) is 31.1 Å². The quantitative estimate of drug-likeness (QED) is 0.577. The highest BCUT2D eigenvalue weighted by Crippen LogP contribution is 2.36. The van der Waals surface area contributed by atoms with E-state index in [0.717, 1.165) is 19.6 Å². The highest BCUT2D eigenvalue weighted by molar-refractivity contribution is 6.31. The molecule has 0 bridgehead atoms. The lowest BCUT2D eigenvalue weighted by atomic mass is 10.1. The molecule has 0 radical (unpaired) electrons. The molecule has 1 aromatic heterocycles. The van der Waals surface area contributed by atoms with Crippen molar-refractivity contribution in [2.75, 3.05) is 32.1 Å². The molecule has 4 rings (SSSR count). The third kappa shape index (κ3) is 3.97. The Morgan fingerprint density at radius 2 is 2.14 bits per heavy atom. The maximum Gasteiger partial charge on any atom is 0.165 e. The monoisotopic (exact) mass is 414 g/mol. The molecule has 3 aromatic rings. The zero-order valence-corrected chi connectivity index (χ0v) is 16.6. The van der Waals surface area contributed by atoms with E-state index in [9.17, 15) is 4.39 Å². The first-order valence-electron chi connectivity index (χ1n) is 9.12. The lowest BCUT2D eigenvalue weighted by molar-refractivity contribution is 0.0267. The van der Waals surface area contributed by atoms with Crippen molar-refractivity contribution in [2.24, 2.45) is 0 Å². The molecule has 0 spiro atoms. The first-order chi connectivity index (χ1) is 14.1. The number of anilines is 2. The molecule has 0 aliphatic carbocycles. The summed E-state index contributed by atoms with van der Waals surface area (Å²) in [7, 11) is 1.58. The van der Waals surface area contributed by atoms with Gasteiger partial charge in [-0.2, -0.15) is 0 Å². The van der Waals surface area contributed by atoms with Crippen molar-refractivity contribution in [3.8, 4) is 11.5 Å². The Bertz CT molecular complexity index is 1060. The van der Waals surface area contributed by atoms with Gasteiger partial charge in [0.2, 0.25) is 0 Å². The van der Waals surface area contributed by atoms with Crippen molar-refractivity contribution >= 4 is 34.0 Å². The van der Waals surface area contributed by atoms with Crippen LogP contribution in [-0.2, 0) is 0 Å². The molecule has 1 fully saturated rings. The molecule has 1 N–H and O–H groups in total. The highest BCUT2D eigenvalue weighted by atomic mass is 35.5. The first-order valence-corrected chi connectivity index (χ1v) is 9.50. The standard InChI is InChI=1S/C21H20ClFN4O2/c1-3-7-27-10-13(11-27)29-19-8-14-17(9-18(19)28-2)24-12-25-21(14)26-16-6-4-5-15(22)20(16)23/h3-6,8-9,12-13H,1,7,10-11H2,2H3,(H,24,25,26). The van der Waals surface area contributed by atoms with Gasteiger partial charge in [0.15, 0.2) is 17.3 Å². The summed E-state index contributed by atoms with van der Waals surface area (Å²) >= 11 is 5.88. The number of rotatable bonds is 7. The van der Waals surface area contributed by atoms with Crippen LogP contribution in [0.2, 0.25) is 5.02 Å². The van der Waals surface area contributed by atoms with Crippen LogP contribution in [0.15, 0.2) is 49.3 Å². The maximum atomic E-state index is 14.3. The van der Waals surface area contributed by atoms with Crippen LogP contribution in [0.1, 0.15) is 0 Å². The van der Waals surface area contributed by atoms with Crippen LogP contribution >= 0.6 is 11.6 Å². The second-order valence-corrected chi connectivity index (χ2v) is 7.12. The molecule has 0 atom stereocenters. The molecule has 6 nitrogen and oxygen atoms in total. The lowest BCUT2D eigenvalue weighted by Crippen LogP contribution is -2.53. The van der Waals surface area contributed by atoms with Gasteiger partial charge in [-0.15, -0.1) is 6.58 Å². The molecule has 0 unspecified atom stereocenters. The number of hydrogen-bond donors (Lipinski definition) is 1. The van der Waals surface area contributed by atoms with Crippen LogP contribution < -0.4 is 14.8 Å². The van der Waals surface area contributed by atoms with Crippen LogP contribution in [0.25, 0.3) is 10.9 Å². The molecule has 1 aliphatic rings. The van der Waals surface area contributed by atoms with Crippen molar-refractivity contribution in [1.82, 2.24) is 14.9 Å². The van der Waals surface area contributed by atoms with Crippen molar-refractivity contribution in [3.63, 3.8) is 0 Å². The van der Waals surface area contributed by atoms with Gasteiger partial charge in [0.05, 0.1) is 23.3 Å². The summed E-state index contributed by atoms with van der Waals surface area (Å²) in [6, 6.07) is 8.35. The molecular formula is C21H20ClFN4O2. The number of aromatic nitrogens is 2. The van der Waals surface area contributed by atoms with Crippen molar-refractivity contribution in [1.29, 1.82) is 0 Å². The summed E-state index contributed by atoms with van der Waals surface area (Å²) in [6.07, 6.45) is 3.34. The minimum atomic E-state index is -0.539. The summed E-state index contributed by atoms with van der Waals surface area (Å²) < 4.78 is 25.9. The van der Waals surface area contributed by atoms with E-state index in [1.54, 1.807) is 25.3 Å². The Morgan fingerprint density at radius 1 is 1.31 bits per heavy atom. The molecule has 2 heterocycles. The number of methoxy groups -OCH3 is 1. The molecule has 8 heteroatoms. The van der Waals surface area contributed by atoms with Crippen molar-refractivity contribution < 1.29 is 13.9 Å². The van der Waals surface area contributed by atoms with Crippen LogP contribution in [0.5, 0.6) is 11.5 Å². The molecule has 0 amide bonds. The lowest BCUT2D eigenvalue weighted by Gasteiger charge is -2.38. The minimum absolute atomic E-state index is 0.0353. The summed E-state index contributed by atoms with van der Waals surface area (Å²) in [6.45, 7) is 6.22. The Hall–Kier alpha value is -2.90. The van der Waals surface area contributed by atoms with Gasteiger partial charge in [-0.05, 0) is 18.2 Å². The van der Waals surface area contributed by atoms with E-state index in [4.69, 9.17) is 21.1 Å². The van der Waals surface area contributed by atoms with E-state index >= 15 is 0 Å². The zero-order valence-electron chi connectivity index (χ0n) is 15.9. The molecule has 1 saturated heterocycles. The van der Waals surface area contributed by atoms with E-state index in [2.05, 4.69) is 26.8 Å². The maximum absolute atomic E-state index is 14.3. The largest absolute Gasteiger partial charge is 0.493 e. The third-order valence-electron chi connectivity index (χ3n) is 4.73. The molecule has 150 valence electrons. The Kier molecular flexibility index (Phi) is 5.51. The van der Waals surface area contributed by atoms with Gasteiger partial charge < -0.3 is 14.8 Å². The fourth-order valence-corrected chi connectivity index (χ4v) is 3.43. The Balaban J connectivity index is 1.66. The van der Waals surface area contributed by atoms with Crippen LogP contribution in [-0.4, -0.2) is 47.7 Å². The van der Waals surface area contributed by atoms with E-state index in [-0.39, 0.29) is 16.8 Å². The number of nitrogens with zero attached hydrogens (tertiary/aromatic N) is 3. The predicted octanol–water partition coefficient (Wildman–Crippen LogP) is 4.42. The van der Waals surface area contributed by atoms with Crippen molar-refractivity contribution in [3.05, 3.63) is 60.2 Å². The summed E-state index contributed by atoms with van der Waals surface area (Å²) in [5.41, 5.74) is 0.880. The number of likely N-dealkylation sites (tertiary alicyclic amines) is 1. The number of ether oxygens (including phenoxy) is 2. The smallest absolute Gasteiger partial charge is 0.165 e. The normalized spacial score (nSPS) is 14.4. The average Bonchev–Trinajstić information content (AvgIpc) is 2.69. The van der Waals surface area contributed by atoms with E-state index in [0.29, 0.717) is 28.2 Å². The molecule has 29 heavy (non-hydrogen) atoms. The van der Waals surface area contributed by atoms with E-state index < -0.39 is 5.82 Å². The van der Waals surface area contributed by atoms with Crippen molar-refractivity contribution in [2.45, 2.75) is 6.10 Å². The average molecular weight is 415 g/mol. The molecular weight excluding hydrogens is 395 g/mol. The minimum Gasteiger partial charge on any atom is -0.493 e. The number of nitrogens with one attached hydrogen (secondary N) is 1. The van der Waals surface area contributed by atoms with Gasteiger partial charge in [0.1, 0.15) is 18.2 Å². The summed E-state index contributed by atoms with van der Waals surface area (Å²) in [4.78, 5) is 10.8. The van der Waals surface area contributed by atoms with Crippen LogP contribution in [0.4, 0.5) is 15.9 Å². The van der Waals surface area contributed by atoms with Gasteiger partial charge in [-0.3, -0.25) is 4.90 Å². The predicted molar refractivity (Wildman–Crippen MR) is 112 cm³/mol. The molecule has 1 aliphatic heterocycles. The summed E-state index contributed by atoms with van der Waals surface area (Å²) in [5, 5.41) is 3.72. The van der Waals surface area contributed by atoms with Gasteiger partial charge in [0.25, 0.3) is 0 Å². The number of hydrogen-bond acceptors (Lipinski definition) is 6. The van der Waals surface area contributed by atoms with Crippen LogP contribution in [0, 0.1) is 5.82 Å².